The van der Waals surface area contributed by atoms with E-state index in [1.165, 1.54) is 11.6 Å². The third kappa shape index (κ3) is 2.76. The molecule has 0 unspecified atom stereocenters. The molecule has 0 radical (unpaired) electrons. The van der Waals surface area contributed by atoms with Gasteiger partial charge >= 0.3 is 5.69 Å². The van der Waals surface area contributed by atoms with Gasteiger partial charge in [0.05, 0.1) is 5.69 Å². The summed E-state index contributed by atoms with van der Waals surface area (Å²) < 4.78 is 2.54. The van der Waals surface area contributed by atoms with Crippen LogP contribution in [0, 0.1) is 0 Å². The van der Waals surface area contributed by atoms with Crippen molar-refractivity contribution in [3.05, 3.63) is 32.6 Å². The minimum absolute atomic E-state index is 0.312. The molecule has 0 aliphatic carbocycles. The van der Waals surface area contributed by atoms with Crippen molar-refractivity contribution in [3.63, 3.8) is 0 Å². The molecule has 0 amide bonds. The molecule has 2 rings (SSSR count). The minimum atomic E-state index is -0.367. The van der Waals surface area contributed by atoms with Gasteiger partial charge in [-0.05, 0) is 26.1 Å². The van der Waals surface area contributed by atoms with Crippen molar-refractivity contribution in [2.24, 2.45) is 14.1 Å². The highest BCUT2D eigenvalue weighted by Crippen LogP contribution is 2.22. The van der Waals surface area contributed by atoms with Crippen LogP contribution in [0.1, 0.15) is 12.5 Å². The summed E-state index contributed by atoms with van der Waals surface area (Å²) in [5.74, 6) is 0. The SMILES string of the molecule is CCc1cnc2c(c1NCCN(C)C)c(=O)n(C)c(=O)n2C. The lowest BCUT2D eigenvalue weighted by atomic mass is 10.1. The van der Waals surface area contributed by atoms with Crippen LogP contribution in [0.2, 0.25) is 0 Å². The van der Waals surface area contributed by atoms with Crippen molar-refractivity contribution in [2.45, 2.75) is 13.3 Å². The summed E-state index contributed by atoms with van der Waals surface area (Å²) in [5, 5.41) is 3.82. The molecule has 0 aliphatic rings. The summed E-state index contributed by atoms with van der Waals surface area (Å²) >= 11 is 0. The Bertz CT molecular complexity index is 804. The molecule has 7 nitrogen and oxygen atoms in total. The molecule has 0 saturated heterocycles. The molecule has 120 valence electrons. The van der Waals surface area contributed by atoms with E-state index in [4.69, 9.17) is 0 Å². The van der Waals surface area contributed by atoms with Crippen molar-refractivity contribution in [1.82, 2.24) is 19.0 Å². The van der Waals surface area contributed by atoms with Crippen LogP contribution in [0.15, 0.2) is 15.8 Å². The molecule has 0 fully saturated rings. The van der Waals surface area contributed by atoms with Crippen LogP contribution >= 0.6 is 0 Å². The number of hydrogen-bond acceptors (Lipinski definition) is 5. The van der Waals surface area contributed by atoms with Gasteiger partial charge in [0.25, 0.3) is 5.56 Å². The van der Waals surface area contributed by atoms with E-state index in [2.05, 4.69) is 15.2 Å². The zero-order chi connectivity index (χ0) is 16.4. The van der Waals surface area contributed by atoms with Crippen molar-refractivity contribution < 1.29 is 0 Å². The van der Waals surface area contributed by atoms with Crippen LogP contribution in [-0.4, -0.2) is 46.2 Å². The Labute approximate surface area is 129 Å². The number of aromatic nitrogens is 3. The predicted molar refractivity (Wildman–Crippen MR) is 88.6 cm³/mol. The number of fused-ring (bicyclic) bond motifs is 1. The monoisotopic (exact) mass is 305 g/mol. The summed E-state index contributed by atoms with van der Waals surface area (Å²) in [6.45, 7) is 3.58. The van der Waals surface area contributed by atoms with Gasteiger partial charge in [0.1, 0.15) is 5.39 Å². The molecule has 0 atom stereocenters. The van der Waals surface area contributed by atoms with Gasteiger partial charge < -0.3 is 10.2 Å². The Hall–Kier alpha value is -2.15. The van der Waals surface area contributed by atoms with E-state index in [-0.39, 0.29) is 11.2 Å². The fraction of sp³-hybridized carbons (Fsp3) is 0.533. The van der Waals surface area contributed by atoms with Gasteiger partial charge in [0.2, 0.25) is 0 Å². The topological polar surface area (TPSA) is 72.2 Å². The van der Waals surface area contributed by atoms with Crippen LogP contribution in [-0.2, 0) is 20.5 Å². The number of nitrogens with one attached hydrogen (secondary N) is 1. The largest absolute Gasteiger partial charge is 0.383 e. The number of hydrogen-bond donors (Lipinski definition) is 1. The molecule has 7 heteroatoms. The lowest BCUT2D eigenvalue weighted by Gasteiger charge is -2.17. The molecule has 0 aromatic carbocycles. The van der Waals surface area contributed by atoms with Gasteiger partial charge in [0.15, 0.2) is 5.65 Å². The van der Waals surface area contributed by atoms with E-state index >= 15 is 0 Å². The molecule has 2 aromatic rings. The van der Waals surface area contributed by atoms with Crippen LogP contribution in [0.25, 0.3) is 11.0 Å². The average molecular weight is 305 g/mol. The van der Waals surface area contributed by atoms with E-state index in [0.717, 1.165) is 28.8 Å². The predicted octanol–water partition coefficient (Wildman–Crippen LogP) is 0.168. The van der Waals surface area contributed by atoms with E-state index < -0.39 is 0 Å². The Morgan fingerprint density at radius 1 is 1.23 bits per heavy atom. The van der Waals surface area contributed by atoms with Gasteiger partial charge in [-0.25, -0.2) is 9.78 Å². The number of likely N-dealkylation sites (N-methyl/N-ethyl adjacent to an activating group) is 1. The van der Waals surface area contributed by atoms with Crippen LogP contribution in [0.3, 0.4) is 0 Å². The molecule has 0 aliphatic heterocycles. The van der Waals surface area contributed by atoms with Crippen molar-refractivity contribution in [1.29, 1.82) is 0 Å². The van der Waals surface area contributed by atoms with Gasteiger partial charge in [-0.15, -0.1) is 0 Å². The second-order valence-corrected chi connectivity index (χ2v) is 5.65. The number of rotatable bonds is 5. The van der Waals surface area contributed by atoms with Crippen molar-refractivity contribution in [2.75, 3.05) is 32.5 Å². The number of nitrogens with zero attached hydrogens (tertiary/aromatic N) is 4. The lowest BCUT2D eigenvalue weighted by molar-refractivity contribution is 0.425. The second kappa shape index (κ2) is 6.31. The highest BCUT2D eigenvalue weighted by Gasteiger charge is 2.16. The highest BCUT2D eigenvalue weighted by molar-refractivity contribution is 5.90. The molecular weight excluding hydrogens is 282 g/mol. The van der Waals surface area contributed by atoms with Crippen molar-refractivity contribution in [3.8, 4) is 0 Å². The summed E-state index contributed by atoms with van der Waals surface area (Å²) in [4.78, 5) is 31.0. The summed E-state index contributed by atoms with van der Waals surface area (Å²) in [5.41, 5.74) is 1.49. The van der Waals surface area contributed by atoms with Gasteiger partial charge in [0, 0.05) is 33.4 Å². The zero-order valence-corrected chi connectivity index (χ0v) is 13.8. The smallest absolute Gasteiger partial charge is 0.332 e. The van der Waals surface area contributed by atoms with Crippen LogP contribution in [0.4, 0.5) is 5.69 Å². The maximum atomic E-state index is 12.5. The van der Waals surface area contributed by atoms with E-state index in [0.29, 0.717) is 17.6 Å². The minimum Gasteiger partial charge on any atom is -0.383 e. The summed E-state index contributed by atoms with van der Waals surface area (Å²) in [6, 6.07) is 0. The quantitative estimate of drug-likeness (QED) is 0.852. The number of aryl methyl sites for hydroxylation is 2. The second-order valence-electron chi connectivity index (χ2n) is 5.65. The first kappa shape index (κ1) is 16.2. The van der Waals surface area contributed by atoms with Gasteiger partial charge in [-0.1, -0.05) is 6.92 Å². The zero-order valence-electron chi connectivity index (χ0n) is 13.8. The molecule has 1 N–H and O–H groups in total. The van der Waals surface area contributed by atoms with E-state index in [1.807, 2.05) is 21.0 Å². The Kier molecular flexibility index (Phi) is 4.65. The first-order valence-corrected chi connectivity index (χ1v) is 7.34. The number of pyridine rings is 1. The normalized spacial score (nSPS) is 11.4. The molecule has 2 aromatic heterocycles. The van der Waals surface area contributed by atoms with Crippen LogP contribution < -0.4 is 16.6 Å². The van der Waals surface area contributed by atoms with E-state index in [9.17, 15) is 9.59 Å². The maximum Gasteiger partial charge on any atom is 0.332 e. The number of anilines is 1. The molecule has 22 heavy (non-hydrogen) atoms. The Morgan fingerprint density at radius 2 is 1.91 bits per heavy atom. The molecule has 0 spiro atoms. The van der Waals surface area contributed by atoms with Crippen molar-refractivity contribution >= 4 is 16.7 Å². The third-order valence-corrected chi connectivity index (χ3v) is 3.79. The van der Waals surface area contributed by atoms with Gasteiger partial charge in [-0.2, -0.15) is 0 Å². The Balaban J connectivity index is 2.70. The molecule has 0 saturated carbocycles. The summed E-state index contributed by atoms with van der Waals surface area (Å²) in [7, 11) is 7.12. The highest BCUT2D eigenvalue weighted by atomic mass is 16.2. The first-order valence-electron chi connectivity index (χ1n) is 7.34. The van der Waals surface area contributed by atoms with Crippen LogP contribution in [0.5, 0.6) is 0 Å². The fourth-order valence-electron chi connectivity index (χ4n) is 2.44. The first-order chi connectivity index (χ1) is 10.4. The molecule has 2 heterocycles. The van der Waals surface area contributed by atoms with Gasteiger partial charge in [-0.3, -0.25) is 13.9 Å². The standard InChI is InChI=1S/C15H23N5O2/c1-6-10-9-17-13-11(12(10)16-7-8-18(2)3)14(21)20(5)15(22)19(13)4/h9H,6-8H2,1-5H3,(H,16,17). The average Bonchev–Trinajstić information content (AvgIpc) is 2.49. The van der Waals surface area contributed by atoms with E-state index in [1.54, 1.807) is 13.2 Å². The molecule has 0 bridgehead atoms. The maximum absolute atomic E-state index is 12.5. The summed E-state index contributed by atoms with van der Waals surface area (Å²) in [6.07, 6.45) is 2.50. The third-order valence-electron chi connectivity index (χ3n) is 3.79. The lowest BCUT2D eigenvalue weighted by Crippen LogP contribution is -2.38. The Morgan fingerprint density at radius 3 is 2.50 bits per heavy atom. The fourth-order valence-corrected chi connectivity index (χ4v) is 2.44. The molecular formula is C15H23N5O2.